The molecule has 66 valence electrons. The summed E-state index contributed by atoms with van der Waals surface area (Å²) in [5.41, 5.74) is 0. The summed E-state index contributed by atoms with van der Waals surface area (Å²) >= 11 is 7.47. The lowest BCUT2D eigenvalue weighted by Crippen LogP contribution is -2.20. The molecule has 0 spiro atoms. The highest BCUT2D eigenvalue weighted by atomic mass is 32.2. The Morgan fingerprint density at radius 2 is 2.18 bits per heavy atom. The van der Waals surface area contributed by atoms with Gasteiger partial charge in [-0.15, -0.1) is 0 Å². The summed E-state index contributed by atoms with van der Waals surface area (Å²) in [6, 6.07) is 0. The van der Waals surface area contributed by atoms with Crippen LogP contribution in [0.5, 0.6) is 0 Å². The van der Waals surface area contributed by atoms with Gasteiger partial charge in [-0.2, -0.15) is 25.3 Å². The molecule has 1 unspecified atom stereocenters. The van der Waals surface area contributed by atoms with Crippen LogP contribution in [0.3, 0.4) is 0 Å². The first-order valence-electron chi connectivity index (χ1n) is 3.28. The zero-order valence-corrected chi connectivity index (χ0v) is 8.02. The Labute approximate surface area is 76.9 Å². The SMILES string of the molecule is CCC(O)COC(=O)C(S)S. The lowest BCUT2D eigenvalue weighted by atomic mass is 10.3. The predicted molar refractivity (Wildman–Crippen MR) is 49.0 cm³/mol. The van der Waals surface area contributed by atoms with E-state index in [1.165, 1.54) is 0 Å². The Bertz CT molecular complexity index is 127. The van der Waals surface area contributed by atoms with Crippen molar-refractivity contribution in [2.24, 2.45) is 0 Å². The lowest BCUT2D eigenvalue weighted by molar-refractivity contribution is -0.144. The highest BCUT2D eigenvalue weighted by Crippen LogP contribution is 2.03. The van der Waals surface area contributed by atoms with Crippen LogP contribution in [0.2, 0.25) is 0 Å². The molecule has 0 saturated carbocycles. The number of carbonyl (C=O) groups is 1. The van der Waals surface area contributed by atoms with Crippen molar-refractivity contribution in [2.75, 3.05) is 6.61 Å². The fraction of sp³-hybridized carbons (Fsp3) is 0.833. The molecule has 0 saturated heterocycles. The van der Waals surface area contributed by atoms with E-state index in [1.807, 2.05) is 0 Å². The normalized spacial score (nSPS) is 13.2. The van der Waals surface area contributed by atoms with E-state index in [0.717, 1.165) is 0 Å². The van der Waals surface area contributed by atoms with E-state index >= 15 is 0 Å². The van der Waals surface area contributed by atoms with E-state index in [-0.39, 0.29) is 6.61 Å². The fourth-order valence-electron chi connectivity index (χ4n) is 0.371. The molecule has 0 radical (unpaired) electrons. The highest BCUT2D eigenvalue weighted by molar-refractivity contribution is 8.00. The van der Waals surface area contributed by atoms with Crippen molar-refractivity contribution < 1.29 is 14.6 Å². The molecule has 0 heterocycles. The molecule has 5 heteroatoms. The second-order valence-electron chi connectivity index (χ2n) is 2.07. The van der Waals surface area contributed by atoms with Gasteiger partial charge < -0.3 is 9.84 Å². The van der Waals surface area contributed by atoms with E-state index in [1.54, 1.807) is 6.92 Å². The van der Waals surface area contributed by atoms with E-state index in [4.69, 9.17) is 5.11 Å². The molecule has 0 aromatic heterocycles. The van der Waals surface area contributed by atoms with Gasteiger partial charge in [0.15, 0.2) is 0 Å². The van der Waals surface area contributed by atoms with Gasteiger partial charge in [-0.05, 0) is 6.42 Å². The van der Waals surface area contributed by atoms with E-state index in [2.05, 4.69) is 30.0 Å². The molecule has 0 aliphatic heterocycles. The number of rotatable bonds is 4. The molecule has 0 aliphatic carbocycles. The molecule has 0 aromatic rings. The molecular formula is C6H12O3S2. The van der Waals surface area contributed by atoms with Gasteiger partial charge in [-0.25, -0.2) is 4.79 Å². The number of ether oxygens (including phenoxy) is 1. The Balaban J connectivity index is 3.46. The van der Waals surface area contributed by atoms with Gasteiger partial charge in [0.2, 0.25) is 0 Å². The lowest BCUT2D eigenvalue weighted by Gasteiger charge is -2.09. The number of esters is 1. The maximum absolute atomic E-state index is 10.7. The zero-order valence-electron chi connectivity index (χ0n) is 6.23. The molecule has 0 amide bonds. The van der Waals surface area contributed by atoms with Gasteiger partial charge in [-0.3, -0.25) is 0 Å². The molecule has 1 atom stereocenters. The Kier molecular flexibility index (Phi) is 5.81. The van der Waals surface area contributed by atoms with Crippen molar-refractivity contribution >= 4 is 31.2 Å². The minimum atomic E-state index is -0.723. The summed E-state index contributed by atoms with van der Waals surface area (Å²) in [5, 5.41) is 8.96. The predicted octanol–water partition coefficient (Wildman–Crippen LogP) is 0.486. The maximum Gasteiger partial charge on any atom is 0.328 e. The highest BCUT2D eigenvalue weighted by Gasteiger charge is 2.11. The average Bonchev–Trinajstić information content (AvgIpc) is 1.99. The van der Waals surface area contributed by atoms with Crippen LogP contribution in [0.25, 0.3) is 0 Å². The zero-order chi connectivity index (χ0) is 8.85. The van der Waals surface area contributed by atoms with Crippen LogP contribution in [0.4, 0.5) is 0 Å². The molecule has 11 heavy (non-hydrogen) atoms. The monoisotopic (exact) mass is 196 g/mol. The number of hydrogen-bond acceptors (Lipinski definition) is 5. The Morgan fingerprint density at radius 1 is 1.64 bits per heavy atom. The first-order valence-corrected chi connectivity index (χ1v) is 4.32. The summed E-state index contributed by atoms with van der Waals surface area (Å²) in [4.78, 5) is 10.7. The summed E-state index contributed by atoms with van der Waals surface area (Å²) in [5.74, 6) is -0.524. The first-order chi connectivity index (χ1) is 5.07. The first kappa shape index (κ1) is 11.1. The summed E-state index contributed by atoms with van der Waals surface area (Å²) in [7, 11) is 0. The number of thiol groups is 2. The summed E-state index contributed by atoms with van der Waals surface area (Å²) in [6.45, 7) is 1.82. The van der Waals surface area contributed by atoms with Crippen molar-refractivity contribution in [3.05, 3.63) is 0 Å². The van der Waals surface area contributed by atoms with Crippen LogP contribution >= 0.6 is 25.3 Å². The van der Waals surface area contributed by atoms with Crippen LogP contribution in [0, 0.1) is 0 Å². The minimum absolute atomic E-state index is 0.0208. The number of aliphatic hydroxyl groups is 1. The van der Waals surface area contributed by atoms with Crippen LogP contribution in [-0.4, -0.2) is 28.4 Å². The van der Waals surface area contributed by atoms with Gasteiger partial charge in [0.1, 0.15) is 11.2 Å². The van der Waals surface area contributed by atoms with Crippen LogP contribution < -0.4 is 0 Å². The van der Waals surface area contributed by atoms with Crippen molar-refractivity contribution in [2.45, 2.75) is 24.0 Å². The smallest absolute Gasteiger partial charge is 0.328 e. The van der Waals surface area contributed by atoms with Gasteiger partial charge >= 0.3 is 5.97 Å². The van der Waals surface area contributed by atoms with Crippen LogP contribution in [0.1, 0.15) is 13.3 Å². The topological polar surface area (TPSA) is 46.5 Å². The molecule has 0 aromatic carbocycles. The van der Waals surface area contributed by atoms with Crippen LogP contribution in [-0.2, 0) is 9.53 Å². The van der Waals surface area contributed by atoms with Crippen molar-refractivity contribution in [1.82, 2.24) is 0 Å². The summed E-state index contributed by atoms with van der Waals surface area (Å²) < 4.78 is 3.89. The van der Waals surface area contributed by atoms with E-state index < -0.39 is 16.7 Å². The average molecular weight is 196 g/mol. The molecule has 0 fully saturated rings. The maximum atomic E-state index is 10.7. The van der Waals surface area contributed by atoms with Crippen LogP contribution in [0.15, 0.2) is 0 Å². The van der Waals surface area contributed by atoms with Crippen molar-refractivity contribution in [3.63, 3.8) is 0 Å². The molecular weight excluding hydrogens is 184 g/mol. The van der Waals surface area contributed by atoms with E-state index in [0.29, 0.717) is 6.42 Å². The number of hydrogen-bond donors (Lipinski definition) is 3. The largest absolute Gasteiger partial charge is 0.461 e. The Morgan fingerprint density at radius 3 is 2.55 bits per heavy atom. The second kappa shape index (κ2) is 5.74. The second-order valence-corrected chi connectivity index (χ2v) is 3.51. The number of aliphatic hydroxyl groups excluding tert-OH is 1. The minimum Gasteiger partial charge on any atom is -0.461 e. The van der Waals surface area contributed by atoms with Gasteiger partial charge in [0.05, 0.1) is 6.10 Å². The molecule has 0 bridgehead atoms. The van der Waals surface area contributed by atoms with E-state index in [9.17, 15) is 4.79 Å². The molecule has 3 nitrogen and oxygen atoms in total. The molecule has 0 aliphatic rings. The van der Waals surface area contributed by atoms with Crippen molar-refractivity contribution in [3.8, 4) is 0 Å². The summed E-state index contributed by atoms with van der Waals surface area (Å²) in [6.07, 6.45) is -0.0174. The third-order valence-corrected chi connectivity index (χ3v) is 1.52. The third kappa shape index (κ3) is 5.41. The third-order valence-electron chi connectivity index (χ3n) is 1.10. The molecule has 0 rings (SSSR count). The van der Waals surface area contributed by atoms with Gasteiger partial charge in [-0.1, -0.05) is 6.92 Å². The molecule has 1 N–H and O–H groups in total. The van der Waals surface area contributed by atoms with Crippen molar-refractivity contribution in [1.29, 1.82) is 0 Å². The van der Waals surface area contributed by atoms with Gasteiger partial charge in [0.25, 0.3) is 0 Å². The number of carbonyl (C=O) groups excluding carboxylic acids is 1. The quantitative estimate of drug-likeness (QED) is 0.348. The fourth-order valence-corrected chi connectivity index (χ4v) is 0.520. The standard InChI is InChI=1S/C6H12O3S2/c1-2-4(7)3-9-5(8)6(10)11/h4,6-7,10-11H,2-3H2,1H3. The Hall–Kier alpha value is 0.130. The van der Waals surface area contributed by atoms with Gasteiger partial charge in [0, 0.05) is 0 Å².